The third-order valence-electron chi connectivity index (χ3n) is 5.02. The van der Waals surface area contributed by atoms with E-state index in [0.29, 0.717) is 11.3 Å². The zero-order valence-electron chi connectivity index (χ0n) is 13.0. The molecule has 1 atom stereocenters. The highest BCUT2D eigenvalue weighted by Crippen LogP contribution is 2.40. The summed E-state index contributed by atoms with van der Waals surface area (Å²) < 4.78 is 0. The third kappa shape index (κ3) is 3.99. The molecular formula is C18H28ClN. The maximum Gasteiger partial charge on any atom is 0.0438 e. The van der Waals surface area contributed by atoms with Gasteiger partial charge in [0.1, 0.15) is 0 Å². The zero-order valence-corrected chi connectivity index (χ0v) is 13.8. The first-order valence-electron chi connectivity index (χ1n) is 7.87. The Morgan fingerprint density at radius 1 is 1.15 bits per heavy atom. The van der Waals surface area contributed by atoms with E-state index in [1.54, 1.807) is 0 Å². The van der Waals surface area contributed by atoms with E-state index in [-0.39, 0.29) is 6.04 Å². The molecule has 1 aliphatic carbocycles. The van der Waals surface area contributed by atoms with Gasteiger partial charge in [-0.05, 0) is 61.0 Å². The molecule has 20 heavy (non-hydrogen) atoms. The van der Waals surface area contributed by atoms with Gasteiger partial charge in [-0.1, -0.05) is 50.6 Å². The van der Waals surface area contributed by atoms with Crippen LogP contribution in [0.15, 0.2) is 24.3 Å². The van der Waals surface area contributed by atoms with Gasteiger partial charge in [-0.2, -0.15) is 0 Å². The Morgan fingerprint density at radius 2 is 1.75 bits per heavy atom. The average molecular weight is 294 g/mol. The highest BCUT2D eigenvalue weighted by Gasteiger charge is 2.31. The summed E-state index contributed by atoms with van der Waals surface area (Å²) in [5.41, 5.74) is 8.08. The highest BCUT2D eigenvalue weighted by atomic mass is 35.5. The molecule has 0 bridgehead atoms. The molecule has 0 aliphatic heterocycles. The lowest BCUT2D eigenvalue weighted by molar-refractivity contribution is 0.139. The van der Waals surface area contributed by atoms with Crippen molar-refractivity contribution in [3.8, 4) is 0 Å². The Kier molecular flexibility index (Phi) is 5.14. The van der Waals surface area contributed by atoms with Crippen LogP contribution >= 0.6 is 11.6 Å². The first-order chi connectivity index (χ1) is 9.38. The SMILES string of the molecule is CC(C)(C)C1CCC(C(N)Cc2ccccc2Cl)CC1. The van der Waals surface area contributed by atoms with Crippen molar-refractivity contribution in [2.75, 3.05) is 0 Å². The van der Waals surface area contributed by atoms with Gasteiger partial charge in [-0.25, -0.2) is 0 Å². The monoisotopic (exact) mass is 293 g/mol. The van der Waals surface area contributed by atoms with Crippen LogP contribution in [0.5, 0.6) is 0 Å². The summed E-state index contributed by atoms with van der Waals surface area (Å²) in [6.45, 7) is 7.09. The van der Waals surface area contributed by atoms with E-state index in [9.17, 15) is 0 Å². The molecule has 1 aromatic carbocycles. The molecule has 1 unspecified atom stereocenters. The summed E-state index contributed by atoms with van der Waals surface area (Å²) in [6, 6.07) is 8.33. The van der Waals surface area contributed by atoms with E-state index in [1.807, 2.05) is 18.2 Å². The van der Waals surface area contributed by atoms with Crippen molar-refractivity contribution in [1.82, 2.24) is 0 Å². The van der Waals surface area contributed by atoms with Crippen molar-refractivity contribution in [1.29, 1.82) is 0 Å². The van der Waals surface area contributed by atoms with E-state index in [4.69, 9.17) is 17.3 Å². The molecule has 0 spiro atoms. The minimum absolute atomic E-state index is 0.246. The summed E-state index contributed by atoms with van der Waals surface area (Å²) in [5, 5.41) is 0.853. The second-order valence-corrected chi connectivity index (χ2v) is 7.84. The summed E-state index contributed by atoms with van der Waals surface area (Å²) in [4.78, 5) is 0. The van der Waals surface area contributed by atoms with E-state index < -0.39 is 0 Å². The molecule has 0 radical (unpaired) electrons. The van der Waals surface area contributed by atoms with Crippen LogP contribution in [-0.2, 0) is 6.42 Å². The molecule has 0 aromatic heterocycles. The van der Waals surface area contributed by atoms with E-state index in [0.717, 1.165) is 17.4 Å². The number of hydrogen-bond donors (Lipinski definition) is 1. The van der Waals surface area contributed by atoms with Gasteiger partial charge in [0.15, 0.2) is 0 Å². The first-order valence-corrected chi connectivity index (χ1v) is 8.24. The largest absolute Gasteiger partial charge is 0.327 e. The van der Waals surface area contributed by atoms with Crippen molar-refractivity contribution >= 4 is 11.6 Å². The van der Waals surface area contributed by atoms with Gasteiger partial charge in [0.05, 0.1) is 0 Å². The number of rotatable bonds is 3. The van der Waals surface area contributed by atoms with Crippen molar-refractivity contribution < 1.29 is 0 Å². The Hall–Kier alpha value is -0.530. The van der Waals surface area contributed by atoms with Crippen molar-refractivity contribution in [2.45, 2.75) is 58.9 Å². The number of benzene rings is 1. The zero-order chi connectivity index (χ0) is 14.8. The van der Waals surface area contributed by atoms with Crippen LogP contribution < -0.4 is 5.73 Å². The molecule has 0 amide bonds. The number of hydrogen-bond acceptors (Lipinski definition) is 1. The quantitative estimate of drug-likeness (QED) is 0.828. The van der Waals surface area contributed by atoms with Crippen LogP contribution in [0.2, 0.25) is 5.02 Å². The predicted octanol–water partition coefficient (Wildman–Crippen LogP) is 5.06. The maximum absolute atomic E-state index is 6.45. The Morgan fingerprint density at radius 3 is 2.30 bits per heavy atom. The minimum atomic E-state index is 0.246. The topological polar surface area (TPSA) is 26.0 Å². The average Bonchev–Trinajstić information content (AvgIpc) is 2.40. The van der Waals surface area contributed by atoms with Crippen LogP contribution in [-0.4, -0.2) is 6.04 Å². The molecule has 0 heterocycles. The maximum atomic E-state index is 6.45. The van der Waals surface area contributed by atoms with Crippen LogP contribution in [0, 0.1) is 17.3 Å². The second kappa shape index (κ2) is 6.49. The fourth-order valence-corrected chi connectivity index (χ4v) is 3.71. The molecule has 1 aromatic rings. The van der Waals surface area contributed by atoms with Gasteiger partial charge in [-0.15, -0.1) is 0 Å². The minimum Gasteiger partial charge on any atom is -0.327 e. The molecule has 2 heteroatoms. The molecule has 2 rings (SSSR count). The van der Waals surface area contributed by atoms with Crippen molar-refractivity contribution in [3.63, 3.8) is 0 Å². The summed E-state index contributed by atoms with van der Waals surface area (Å²) in [7, 11) is 0. The van der Waals surface area contributed by atoms with Crippen LogP contribution in [0.1, 0.15) is 52.0 Å². The van der Waals surface area contributed by atoms with Gasteiger partial charge in [0.2, 0.25) is 0 Å². The lowest BCUT2D eigenvalue weighted by atomic mass is 9.68. The van der Waals surface area contributed by atoms with Gasteiger partial charge < -0.3 is 5.73 Å². The molecule has 0 saturated heterocycles. The molecule has 2 N–H and O–H groups in total. The molecule has 1 nitrogen and oxygen atoms in total. The summed E-state index contributed by atoms with van der Waals surface area (Å²) in [6.07, 6.45) is 6.10. The van der Waals surface area contributed by atoms with Gasteiger partial charge >= 0.3 is 0 Å². The van der Waals surface area contributed by atoms with Gasteiger partial charge in [0, 0.05) is 11.1 Å². The molecular weight excluding hydrogens is 266 g/mol. The Bertz CT molecular complexity index is 427. The predicted molar refractivity (Wildman–Crippen MR) is 88.0 cm³/mol. The van der Waals surface area contributed by atoms with Crippen molar-refractivity contribution in [3.05, 3.63) is 34.9 Å². The summed E-state index contributed by atoms with van der Waals surface area (Å²) in [5.74, 6) is 1.51. The lowest BCUT2D eigenvalue weighted by Crippen LogP contribution is -2.37. The fraction of sp³-hybridized carbons (Fsp3) is 0.667. The number of nitrogens with two attached hydrogens (primary N) is 1. The fourth-order valence-electron chi connectivity index (χ4n) is 3.50. The number of halogens is 1. The Labute approximate surface area is 128 Å². The van der Waals surface area contributed by atoms with Crippen LogP contribution in [0.4, 0.5) is 0 Å². The smallest absolute Gasteiger partial charge is 0.0438 e. The lowest BCUT2D eigenvalue weighted by Gasteiger charge is -2.38. The normalized spacial score (nSPS) is 25.4. The van der Waals surface area contributed by atoms with Gasteiger partial charge in [-0.3, -0.25) is 0 Å². The molecule has 1 fully saturated rings. The van der Waals surface area contributed by atoms with Gasteiger partial charge in [0.25, 0.3) is 0 Å². The van der Waals surface area contributed by atoms with E-state index in [1.165, 1.54) is 31.2 Å². The van der Waals surface area contributed by atoms with Crippen molar-refractivity contribution in [2.24, 2.45) is 23.0 Å². The summed E-state index contributed by atoms with van der Waals surface area (Å²) >= 11 is 6.23. The van der Waals surface area contributed by atoms with Crippen LogP contribution in [0.25, 0.3) is 0 Å². The van der Waals surface area contributed by atoms with Crippen LogP contribution in [0.3, 0.4) is 0 Å². The third-order valence-corrected chi connectivity index (χ3v) is 5.38. The van der Waals surface area contributed by atoms with E-state index >= 15 is 0 Å². The molecule has 1 saturated carbocycles. The highest BCUT2D eigenvalue weighted by molar-refractivity contribution is 6.31. The molecule has 1 aliphatic rings. The van der Waals surface area contributed by atoms with E-state index in [2.05, 4.69) is 26.8 Å². The standard InChI is InChI=1S/C18H28ClN/c1-18(2,3)15-10-8-13(9-11-15)17(20)12-14-6-4-5-7-16(14)19/h4-7,13,15,17H,8-12,20H2,1-3H3. The Balaban J connectivity index is 1.89. The second-order valence-electron chi connectivity index (χ2n) is 7.44. The molecule has 112 valence electrons. The first kappa shape index (κ1) is 15.9.